The van der Waals surface area contributed by atoms with Crippen molar-refractivity contribution in [2.45, 2.75) is 57.4 Å². The molecule has 3 aliphatic rings. The fourth-order valence-electron chi connectivity index (χ4n) is 5.81. The number of fused-ring (bicyclic) bond motifs is 1. The van der Waals surface area contributed by atoms with Crippen LogP contribution in [0, 0.1) is 25.7 Å². The van der Waals surface area contributed by atoms with Crippen molar-refractivity contribution in [2.24, 2.45) is 11.8 Å². The lowest BCUT2D eigenvalue weighted by Crippen LogP contribution is -2.58. The molecule has 2 amide bonds. The molecule has 0 saturated carbocycles. The predicted molar refractivity (Wildman–Crippen MR) is 117 cm³/mol. The number of nitrogens with zero attached hydrogens (tertiary/aromatic N) is 2. The number of likely N-dealkylation sites (tertiary alicyclic amines) is 1. The summed E-state index contributed by atoms with van der Waals surface area (Å²) < 4.78 is 6.21. The minimum atomic E-state index is -1.21. The zero-order valence-corrected chi connectivity index (χ0v) is 18.7. The third kappa shape index (κ3) is 3.08. The highest BCUT2D eigenvalue weighted by Gasteiger charge is 2.75. The summed E-state index contributed by atoms with van der Waals surface area (Å²) in [4.78, 5) is 42.7. The zero-order chi connectivity index (χ0) is 23.4. The smallest absolute Gasteiger partial charge is 0.310 e. The quantitative estimate of drug-likeness (QED) is 0.622. The Bertz CT molecular complexity index is 977. The number of aliphatic carboxylic acids is 1. The number of aliphatic hydroxyl groups is 1. The number of anilines is 1. The van der Waals surface area contributed by atoms with Crippen molar-refractivity contribution >= 4 is 23.5 Å². The second-order valence-electron chi connectivity index (χ2n) is 9.20. The summed E-state index contributed by atoms with van der Waals surface area (Å²) in [5, 5.41) is 19.7. The maximum Gasteiger partial charge on any atom is 0.310 e. The Morgan fingerprint density at radius 1 is 1.41 bits per heavy atom. The van der Waals surface area contributed by atoms with Crippen LogP contribution in [0.15, 0.2) is 30.9 Å². The molecule has 32 heavy (non-hydrogen) atoms. The van der Waals surface area contributed by atoms with Gasteiger partial charge in [-0.05, 0) is 50.8 Å². The standard InChI is InChI=1S/C24H30N2O6/c1-5-10-25(16-11-13(2)6-7-14(16)3)22(29)20-24-9-8-17(32-24)18(23(30)31)19(24)21(28)26(20)15(4)12-27/h5-7,11,15,17-20,27H,1,8-10,12H2,2-4H3,(H,30,31)/t15-,17+,18-,19+,20?,24?/m1/s1. The lowest BCUT2D eigenvalue weighted by atomic mass is 9.70. The Labute approximate surface area is 187 Å². The van der Waals surface area contributed by atoms with Gasteiger partial charge in [0.15, 0.2) is 0 Å². The Morgan fingerprint density at radius 3 is 2.75 bits per heavy atom. The van der Waals surface area contributed by atoms with E-state index in [2.05, 4.69) is 6.58 Å². The number of rotatable bonds is 7. The van der Waals surface area contributed by atoms with Crippen LogP contribution in [0.5, 0.6) is 0 Å². The molecule has 6 atom stereocenters. The minimum absolute atomic E-state index is 0.224. The fourth-order valence-corrected chi connectivity index (χ4v) is 5.81. The number of carbonyl (C=O) groups is 3. The van der Waals surface area contributed by atoms with Gasteiger partial charge >= 0.3 is 5.97 Å². The molecule has 3 saturated heterocycles. The number of carbonyl (C=O) groups excluding carboxylic acids is 2. The van der Waals surface area contributed by atoms with Gasteiger partial charge in [0.05, 0.1) is 30.6 Å². The van der Waals surface area contributed by atoms with Crippen LogP contribution in [-0.2, 0) is 19.1 Å². The van der Waals surface area contributed by atoms with E-state index in [0.717, 1.165) is 11.1 Å². The summed E-state index contributed by atoms with van der Waals surface area (Å²) in [7, 11) is 0. The van der Waals surface area contributed by atoms with Gasteiger partial charge in [0.25, 0.3) is 5.91 Å². The van der Waals surface area contributed by atoms with Crippen LogP contribution in [0.4, 0.5) is 5.69 Å². The molecular formula is C24H30N2O6. The maximum absolute atomic E-state index is 14.2. The van der Waals surface area contributed by atoms with Crippen LogP contribution in [0.3, 0.4) is 0 Å². The minimum Gasteiger partial charge on any atom is -0.481 e. The summed E-state index contributed by atoms with van der Waals surface area (Å²) in [6.45, 7) is 9.18. The van der Waals surface area contributed by atoms with E-state index in [9.17, 15) is 24.6 Å². The van der Waals surface area contributed by atoms with E-state index < -0.39 is 47.5 Å². The van der Waals surface area contributed by atoms with Crippen LogP contribution in [0.2, 0.25) is 0 Å². The molecule has 2 bridgehead atoms. The van der Waals surface area contributed by atoms with E-state index in [4.69, 9.17) is 4.74 Å². The molecular weight excluding hydrogens is 412 g/mol. The number of carboxylic acids is 1. The van der Waals surface area contributed by atoms with Crippen LogP contribution in [-0.4, -0.2) is 69.8 Å². The molecule has 1 aromatic carbocycles. The highest BCUT2D eigenvalue weighted by molar-refractivity contribution is 6.05. The molecule has 8 heteroatoms. The summed E-state index contributed by atoms with van der Waals surface area (Å²) in [5.74, 6) is -3.79. The summed E-state index contributed by atoms with van der Waals surface area (Å²) in [5.41, 5.74) is 1.38. The Morgan fingerprint density at radius 2 is 2.12 bits per heavy atom. The van der Waals surface area contributed by atoms with E-state index in [0.29, 0.717) is 18.5 Å². The number of carboxylic acid groups (broad SMARTS) is 1. The second-order valence-corrected chi connectivity index (χ2v) is 9.20. The fraction of sp³-hybridized carbons (Fsp3) is 0.542. The third-order valence-electron chi connectivity index (χ3n) is 7.23. The van der Waals surface area contributed by atoms with Gasteiger partial charge in [0, 0.05) is 12.2 Å². The molecule has 8 nitrogen and oxygen atoms in total. The molecule has 0 radical (unpaired) electrons. The number of aryl methyl sites for hydroxylation is 2. The molecule has 1 spiro atoms. The molecule has 2 unspecified atom stereocenters. The number of benzene rings is 1. The second kappa shape index (κ2) is 8.01. The molecule has 3 heterocycles. The zero-order valence-electron chi connectivity index (χ0n) is 18.7. The number of amides is 2. The number of ether oxygens (including phenoxy) is 1. The molecule has 0 aromatic heterocycles. The van der Waals surface area contributed by atoms with E-state index >= 15 is 0 Å². The SMILES string of the molecule is C=CCN(C(=O)C1N([C@H](C)CO)C(=O)[C@@H]2[C@H](C(=O)O)[C@@H]3CCC12O3)c1cc(C)ccc1C. The van der Waals surface area contributed by atoms with Gasteiger partial charge in [-0.25, -0.2) is 0 Å². The van der Waals surface area contributed by atoms with Crippen molar-refractivity contribution in [2.75, 3.05) is 18.1 Å². The first kappa shape index (κ1) is 22.5. The molecule has 1 aromatic rings. The van der Waals surface area contributed by atoms with Crippen molar-refractivity contribution in [3.05, 3.63) is 42.0 Å². The largest absolute Gasteiger partial charge is 0.481 e. The Hall–Kier alpha value is -2.71. The molecule has 2 N–H and O–H groups in total. The van der Waals surface area contributed by atoms with Gasteiger partial charge in [-0.2, -0.15) is 0 Å². The number of hydrogen-bond acceptors (Lipinski definition) is 5. The van der Waals surface area contributed by atoms with E-state index in [1.165, 1.54) is 4.90 Å². The van der Waals surface area contributed by atoms with Crippen molar-refractivity contribution in [3.63, 3.8) is 0 Å². The van der Waals surface area contributed by atoms with Gasteiger partial charge in [0.1, 0.15) is 11.6 Å². The van der Waals surface area contributed by atoms with Crippen LogP contribution >= 0.6 is 0 Å². The molecule has 0 aliphatic carbocycles. The van der Waals surface area contributed by atoms with Crippen molar-refractivity contribution in [3.8, 4) is 0 Å². The summed E-state index contributed by atoms with van der Waals surface area (Å²) in [6.07, 6.45) is 1.95. The summed E-state index contributed by atoms with van der Waals surface area (Å²) in [6, 6.07) is 4.13. The highest BCUT2D eigenvalue weighted by atomic mass is 16.5. The maximum atomic E-state index is 14.2. The lowest BCUT2D eigenvalue weighted by molar-refractivity contribution is -0.150. The van der Waals surface area contributed by atoms with E-state index in [1.54, 1.807) is 17.9 Å². The average molecular weight is 443 g/mol. The first-order chi connectivity index (χ1) is 15.2. The molecule has 3 fully saturated rings. The van der Waals surface area contributed by atoms with Gasteiger partial charge < -0.3 is 24.7 Å². The number of hydrogen-bond donors (Lipinski definition) is 2. The van der Waals surface area contributed by atoms with Gasteiger partial charge in [0.2, 0.25) is 5.91 Å². The van der Waals surface area contributed by atoms with E-state index in [-0.39, 0.29) is 19.1 Å². The first-order valence-corrected chi connectivity index (χ1v) is 11.0. The van der Waals surface area contributed by atoms with Crippen LogP contribution in [0.25, 0.3) is 0 Å². The Kier molecular flexibility index (Phi) is 5.63. The van der Waals surface area contributed by atoms with Crippen LogP contribution in [0.1, 0.15) is 30.9 Å². The van der Waals surface area contributed by atoms with Crippen molar-refractivity contribution in [1.29, 1.82) is 0 Å². The van der Waals surface area contributed by atoms with Gasteiger partial charge in [-0.3, -0.25) is 14.4 Å². The molecule has 172 valence electrons. The summed E-state index contributed by atoms with van der Waals surface area (Å²) >= 11 is 0. The van der Waals surface area contributed by atoms with Crippen LogP contribution < -0.4 is 4.90 Å². The van der Waals surface area contributed by atoms with Gasteiger partial charge in [-0.1, -0.05) is 18.2 Å². The van der Waals surface area contributed by atoms with Crippen molar-refractivity contribution in [1.82, 2.24) is 4.90 Å². The van der Waals surface area contributed by atoms with Gasteiger partial charge in [-0.15, -0.1) is 6.58 Å². The Balaban J connectivity index is 1.84. The molecule has 3 aliphatic heterocycles. The van der Waals surface area contributed by atoms with Crippen molar-refractivity contribution < 1.29 is 29.3 Å². The predicted octanol–water partition coefficient (Wildman–Crippen LogP) is 1.66. The van der Waals surface area contributed by atoms with E-state index in [1.807, 2.05) is 32.0 Å². The third-order valence-corrected chi connectivity index (χ3v) is 7.23. The number of aliphatic hydroxyl groups excluding tert-OH is 1. The monoisotopic (exact) mass is 442 g/mol. The highest BCUT2D eigenvalue weighted by Crippen LogP contribution is 2.59. The average Bonchev–Trinajstić information content (AvgIpc) is 3.40. The first-order valence-electron chi connectivity index (χ1n) is 11.0. The lowest BCUT2D eigenvalue weighted by Gasteiger charge is -2.38. The normalized spacial score (nSPS) is 31.5. The topological polar surface area (TPSA) is 107 Å². The molecule has 4 rings (SSSR count).